The minimum absolute atomic E-state index is 0.0116. The zero-order valence-electron chi connectivity index (χ0n) is 12.4. The van der Waals surface area contributed by atoms with Crippen LogP contribution < -0.4 is 5.73 Å². The maximum Gasteiger partial charge on any atom is 0.164 e. The largest absolute Gasteiger partial charge is 0.327 e. The lowest BCUT2D eigenvalue weighted by atomic mass is 10.1. The third-order valence-corrected chi connectivity index (χ3v) is 6.49. The molecular weight excluding hydrogens is 304 g/mol. The van der Waals surface area contributed by atoms with Crippen molar-refractivity contribution in [2.75, 3.05) is 30.9 Å². The van der Waals surface area contributed by atoms with Gasteiger partial charge in [-0.2, -0.15) is 11.8 Å². The molecule has 0 radical (unpaired) electrons. The van der Waals surface area contributed by atoms with Crippen LogP contribution in [0.4, 0.5) is 0 Å². The summed E-state index contributed by atoms with van der Waals surface area (Å²) in [5.74, 6) is 1.64. The van der Waals surface area contributed by atoms with Crippen molar-refractivity contribution in [1.29, 1.82) is 0 Å². The van der Waals surface area contributed by atoms with Gasteiger partial charge in [-0.1, -0.05) is 30.3 Å². The number of hydrogen-bond donors (Lipinski definition) is 1. The van der Waals surface area contributed by atoms with Gasteiger partial charge in [-0.15, -0.1) is 0 Å². The predicted molar refractivity (Wildman–Crippen MR) is 90.3 cm³/mol. The summed E-state index contributed by atoms with van der Waals surface area (Å²) in [7, 11) is -3.04. The molecule has 2 rings (SSSR count). The minimum atomic E-state index is -3.04. The van der Waals surface area contributed by atoms with E-state index in [0.717, 1.165) is 25.1 Å². The summed E-state index contributed by atoms with van der Waals surface area (Å²) in [4.78, 5) is 2.04. The molecule has 118 valence electrons. The summed E-state index contributed by atoms with van der Waals surface area (Å²) in [6, 6.07) is 10.3. The molecule has 0 aromatic heterocycles. The van der Waals surface area contributed by atoms with Gasteiger partial charge in [0.1, 0.15) is 5.37 Å². The number of nitrogens with zero attached hydrogens (tertiary/aromatic N) is 1. The fourth-order valence-electron chi connectivity index (χ4n) is 2.61. The number of nitrogens with two attached hydrogens (primary N) is 1. The topological polar surface area (TPSA) is 63.4 Å². The average molecular weight is 329 g/mol. The predicted octanol–water partition coefficient (Wildman–Crippen LogP) is 1.37. The van der Waals surface area contributed by atoms with Gasteiger partial charge in [0.2, 0.25) is 0 Å². The van der Waals surface area contributed by atoms with E-state index in [9.17, 15) is 8.42 Å². The molecule has 1 aromatic rings. The van der Waals surface area contributed by atoms with Crippen LogP contribution in [0, 0.1) is 0 Å². The van der Waals surface area contributed by atoms with Crippen molar-refractivity contribution in [3.63, 3.8) is 0 Å². The first kappa shape index (κ1) is 16.8. The molecule has 1 heterocycles. The van der Waals surface area contributed by atoms with Crippen LogP contribution in [-0.2, 0) is 16.3 Å². The first-order chi connectivity index (χ1) is 9.97. The minimum Gasteiger partial charge on any atom is -0.327 e. The van der Waals surface area contributed by atoms with Crippen molar-refractivity contribution in [3.05, 3.63) is 35.9 Å². The first-order valence-electron chi connectivity index (χ1n) is 7.27. The molecule has 0 spiro atoms. The Kier molecular flexibility index (Phi) is 6.10. The molecule has 6 heteroatoms. The maximum atomic E-state index is 11.9. The fourth-order valence-corrected chi connectivity index (χ4v) is 5.56. The van der Waals surface area contributed by atoms with Gasteiger partial charge >= 0.3 is 0 Å². The average Bonchev–Trinajstić information content (AvgIpc) is 2.46. The molecule has 2 unspecified atom stereocenters. The summed E-state index contributed by atoms with van der Waals surface area (Å²) in [6.45, 7) is 1.46. The highest BCUT2D eigenvalue weighted by Crippen LogP contribution is 2.20. The second-order valence-corrected chi connectivity index (χ2v) is 8.99. The Hall–Kier alpha value is -0.560. The molecule has 0 amide bonds. The van der Waals surface area contributed by atoms with Crippen LogP contribution >= 0.6 is 11.8 Å². The summed E-state index contributed by atoms with van der Waals surface area (Å²) in [5.41, 5.74) is 7.49. The molecule has 2 atom stereocenters. The molecular formula is C15H24N2O2S2. The van der Waals surface area contributed by atoms with E-state index < -0.39 is 9.84 Å². The zero-order valence-corrected chi connectivity index (χ0v) is 14.1. The van der Waals surface area contributed by atoms with Crippen molar-refractivity contribution in [2.45, 2.75) is 24.3 Å². The van der Waals surface area contributed by atoms with Crippen LogP contribution in [0.15, 0.2) is 30.3 Å². The van der Waals surface area contributed by atoms with E-state index in [4.69, 9.17) is 5.73 Å². The lowest BCUT2D eigenvalue weighted by molar-refractivity contribution is 0.249. The van der Waals surface area contributed by atoms with Gasteiger partial charge in [0.15, 0.2) is 9.84 Å². The molecule has 1 aromatic carbocycles. The Morgan fingerprint density at radius 2 is 2.10 bits per heavy atom. The van der Waals surface area contributed by atoms with E-state index in [0.29, 0.717) is 12.3 Å². The van der Waals surface area contributed by atoms with Gasteiger partial charge < -0.3 is 5.73 Å². The number of sulfone groups is 1. The second kappa shape index (κ2) is 7.63. The van der Waals surface area contributed by atoms with E-state index in [1.165, 1.54) is 11.8 Å². The molecule has 4 nitrogen and oxygen atoms in total. The monoisotopic (exact) mass is 328 g/mol. The number of benzene rings is 1. The van der Waals surface area contributed by atoms with Gasteiger partial charge in [0.05, 0.1) is 0 Å². The normalized spacial score (nSPS) is 22.1. The third-order valence-electron chi connectivity index (χ3n) is 3.80. The van der Waals surface area contributed by atoms with Crippen LogP contribution in [-0.4, -0.2) is 55.6 Å². The molecule has 1 saturated heterocycles. The Morgan fingerprint density at radius 1 is 1.38 bits per heavy atom. The molecule has 1 aliphatic rings. The van der Waals surface area contributed by atoms with Crippen molar-refractivity contribution >= 4 is 21.6 Å². The van der Waals surface area contributed by atoms with Crippen molar-refractivity contribution in [2.24, 2.45) is 5.73 Å². The summed E-state index contributed by atoms with van der Waals surface area (Å²) in [5, 5.41) is -0.376. The first-order valence-corrected chi connectivity index (χ1v) is 10.4. The van der Waals surface area contributed by atoms with Crippen LogP contribution in [0.1, 0.15) is 12.0 Å². The van der Waals surface area contributed by atoms with Crippen molar-refractivity contribution in [3.8, 4) is 0 Å². The highest BCUT2D eigenvalue weighted by molar-refractivity contribution is 8.00. The molecule has 1 fully saturated rings. The maximum absolute atomic E-state index is 11.9. The lowest BCUT2D eigenvalue weighted by Gasteiger charge is -2.35. The van der Waals surface area contributed by atoms with E-state index in [1.807, 2.05) is 23.1 Å². The van der Waals surface area contributed by atoms with Crippen molar-refractivity contribution in [1.82, 2.24) is 4.90 Å². The van der Waals surface area contributed by atoms with Crippen molar-refractivity contribution < 1.29 is 8.42 Å². The van der Waals surface area contributed by atoms with Crippen LogP contribution in [0.2, 0.25) is 0 Å². The Morgan fingerprint density at radius 3 is 2.76 bits per heavy atom. The number of thioether (sulfide) groups is 1. The standard InChI is InChI=1S/C15H24N2O2S2/c1-21(18,19)15-12-20-10-9-17(15)11-14(16)8-7-13-5-3-2-4-6-13/h2-6,14-15H,7-12,16H2,1H3. The summed E-state index contributed by atoms with van der Waals surface area (Å²) >= 11 is 1.71. The van der Waals surface area contributed by atoms with Crippen LogP contribution in [0.3, 0.4) is 0 Å². The Labute approximate surface area is 132 Å². The lowest BCUT2D eigenvalue weighted by Crippen LogP contribution is -2.51. The van der Waals surface area contributed by atoms with Crippen LogP contribution in [0.25, 0.3) is 0 Å². The van der Waals surface area contributed by atoms with Gasteiger partial charge in [0.25, 0.3) is 0 Å². The smallest absolute Gasteiger partial charge is 0.164 e. The van der Waals surface area contributed by atoms with E-state index in [-0.39, 0.29) is 11.4 Å². The number of aryl methyl sites for hydroxylation is 1. The van der Waals surface area contributed by atoms with Gasteiger partial charge in [0, 0.05) is 36.9 Å². The number of rotatable bonds is 6. The molecule has 2 N–H and O–H groups in total. The highest BCUT2D eigenvalue weighted by atomic mass is 32.2. The summed E-state index contributed by atoms with van der Waals surface area (Å²) < 4.78 is 23.7. The summed E-state index contributed by atoms with van der Waals surface area (Å²) in [6.07, 6.45) is 3.14. The van der Waals surface area contributed by atoms with E-state index in [2.05, 4.69) is 12.1 Å². The molecule has 0 aliphatic carbocycles. The van der Waals surface area contributed by atoms with Gasteiger partial charge in [-0.3, -0.25) is 4.90 Å². The molecule has 21 heavy (non-hydrogen) atoms. The van der Waals surface area contributed by atoms with Gasteiger partial charge in [-0.05, 0) is 18.4 Å². The van der Waals surface area contributed by atoms with E-state index >= 15 is 0 Å². The Balaban J connectivity index is 1.87. The fraction of sp³-hybridized carbons (Fsp3) is 0.600. The van der Waals surface area contributed by atoms with Crippen LogP contribution in [0.5, 0.6) is 0 Å². The highest BCUT2D eigenvalue weighted by Gasteiger charge is 2.31. The number of hydrogen-bond acceptors (Lipinski definition) is 5. The van der Waals surface area contributed by atoms with Gasteiger partial charge in [-0.25, -0.2) is 8.42 Å². The second-order valence-electron chi connectivity index (χ2n) is 5.64. The Bertz CT molecular complexity index is 534. The zero-order chi connectivity index (χ0) is 15.3. The molecule has 0 saturated carbocycles. The molecule has 0 bridgehead atoms. The van der Waals surface area contributed by atoms with E-state index in [1.54, 1.807) is 11.8 Å². The quantitative estimate of drug-likeness (QED) is 0.854. The SMILES string of the molecule is CS(=O)(=O)C1CSCCN1CC(N)CCc1ccccc1. The third kappa shape index (κ3) is 5.29. The molecule has 1 aliphatic heterocycles.